The molecule has 0 bridgehead atoms. The van der Waals surface area contributed by atoms with Crippen molar-refractivity contribution >= 4 is 17.5 Å². The highest BCUT2D eigenvalue weighted by molar-refractivity contribution is 6.31. The first kappa shape index (κ1) is 13.1. The van der Waals surface area contributed by atoms with Crippen molar-refractivity contribution in [1.82, 2.24) is 10.6 Å². The van der Waals surface area contributed by atoms with Gasteiger partial charge < -0.3 is 10.6 Å². The molecule has 2 N–H and O–H groups in total. The zero-order valence-corrected chi connectivity index (χ0v) is 10.6. The van der Waals surface area contributed by atoms with Crippen molar-refractivity contribution in [2.24, 2.45) is 0 Å². The molecule has 0 unspecified atom stereocenters. The van der Waals surface area contributed by atoms with Crippen LogP contribution in [0.15, 0.2) is 29.8 Å². The topological polar surface area (TPSA) is 41.1 Å². The summed E-state index contributed by atoms with van der Waals surface area (Å²) in [6.45, 7) is 2.18. The van der Waals surface area contributed by atoms with Crippen molar-refractivity contribution in [2.75, 3.05) is 19.6 Å². The van der Waals surface area contributed by atoms with E-state index >= 15 is 0 Å². The fraction of sp³-hybridized carbons (Fsp3) is 0.308. The van der Waals surface area contributed by atoms with E-state index in [0.29, 0.717) is 11.6 Å². The molecule has 1 aliphatic heterocycles. The van der Waals surface area contributed by atoms with Crippen molar-refractivity contribution in [3.63, 3.8) is 0 Å². The number of nitrogens with one attached hydrogen (secondary N) is 2. The number of hydrogen-bond acceptors (Lipinski definition) is 2. The van der Waals surface area contributed by atoms with Gasteiger partial charge in [0.05, 0.1) is 5.56 Å². The van der Waals surface area contributed by atoms with Gasteiger partial charge in [-0.25, -0.2) is 4.39 Å². The zero-order chi connectivity index (χ0) is 13.0. The number of carbonyl (C=O) groups is 1. The molecule has 0 aromatic heterocycles. The first-order chi connectivity index (χ1) is 8.66. The van der Waals surface area contributed by atoms with Crippen LogP contribution in [0, 0.1) is 5.82 Å². The Morgan fingerprint density at radius 2 is 2.33 bits per heavy atom. The maximum Gasteiger partial charge on any atom is 0.254 e. The number of amides is 1. The Morgan fingerprint density at radius 3 is 3.06 bits per heavy atom. The Labute approximate surface area is 110 Å². The molecule has 0 saturated heterocycles. The standard InChI is InChI=1S/C13H14ClFN2O/c14-10-1-2-12(15)11(7-10)13(18)17-8-9-3-5-16-6-4-9/h1-3,7,16H,4-6,8H2,(H,17,18). The third kappa shape index (κ3) is 3.31. The van der Waals surface area contributed by atoms with Crippen LogP contribution in [-0.4, -0.2) is 25.5 Å². The molecular weight excluding hydrogens is 255 g/mol. The molecule has 96 valence electrons. The quantitative estimate of drug-likeness (QED) is 0.825. The summed E-state index contributed by atoms with van der Waals surface area (Å²) < 4.78 is 13.4. The van der Waals surface area contributed by atoms with Gasteiger partial charge in [0.1, 0.15) is 5.82 Å². The molecule has 18 heavy (non-hydrogen) atoms. The van der Waals surface area contributed by atoms with Crippen LogP contribution in [0.4, 0.5) is 4.39 Å². The van der Waals surface area contributed by atoms with Gasteiger partial charge in [-0.3, -0.25) is 4.79 Å². The SMILES string of the molecule is O=C(NCC1=CCNCC1)c1cc(Cl)ccc1F. The highest BCUT2D eigenvalue weighted by Crippen LogP contribution is 2.15. The summed E-state index contributed by atoms with van der Waals surface area (Å²) in [7, 11) is 0. The molecule has 1 aromatic rings. The van der Waals surface area contributed by atoms with Crippen LogP contribution in [-0.2, 0) is 0 Å². The molecule has 0 fully saturated rings. The number of carbonyl (C=O) groups excluding carboxylic acids is 1. The van der Waals surface area contributed by atoms with Crippen LogP contribution in [0.5, 0.6) is 0 Å². The average Bonchev–Trinajstić information content (AvgIpc) is 2.40. The summed E-state index contributed by atoms with van der Waals surface area (Å²) in [5.74, 6) is -0.995. The molecule has 2 rings (SSSR count). The average molecular weight is 269 g/mol. The second kappa shape index (κ2) is 5.98. The van der Waals surface area contributed by atoms with Crippen molar-refractivity contribution in [3.05, 3.63) is 46.3 Å². The third-order valence-electron chi connectivity index (χ3n) is 2.81. The maximum absolute atomic E-state index is 13.4. The van der Waals surface area contributed by atoms with Crippen molar-refractivity contribution < 1.29 is 9.18 Å². The molecule has 0 spiro atoms. The van der Waals surface area contributed by atoms with Crippen LogP contribution in [0.1, 0.15) is 16.8 Å². The Hall–Kier alpha value is -1.39. The molecule has 0 radical (unpaired) electrons. The lowest BCUT2D eigenvalue weighted by Gasteiger charge is -2.14. The molecule has 1 aliphatic rings. The zero-order valence-electron chi connectivity index (χ0n) is 9.80. The van der Waals surface area contributed by atoms with E-state index in [9.17, 15) is 9.18 Å². The Kier molecular flexibility index (Phi) is 4.33. The molecule has 0 atom stereocenters. The molecule has 1 amide bonds. The van der Waals surface area contributed by atoms with E-state index < -0.39 is 11.7 Å². The van der Waals surface area contributed by atoms with E-state index in [1.165, 1.54) is 18.2 Å². The van der Waals surface area contributed by atoms with E-state index in [2.05, 4.69) is 10.6 Å². The van der Waals surface area contributed by atoms with Crippen LogP contribution in [0.2, 0.25) is 5.02 Å². The lowest BCUT2D eigenvalue weighted by Crippen LogP contribution is -2.30. The molecule has 1 aromatic carbocycles. The summed E-state index contributed by atoms with van der Waals surface area (Å²) in [6, 6.07) is 3.95. The fourth-order valence-electron chi connectivity index (χ4n) is 1.79. The Bertz CT molecular complexity index is 488. The largest absolute Gasteiger partial charge is 0.348 e. The van der Waals surface area contributed by atoms with Crippen molar-refractivity contribution in [2.45, 2.75) is 6.42 Å². The second-order valence-corrected chi connectivity index (χ2v) is 4.56. The van der Waals surface area contributed by atoms with Gasteiger partial charge in [0.2, 0.25) is 0 Å². The van der Waals surface area contributed by atoms with Crippen LogP contribution >= 0.6 is 11.6 Å². The Morgan fingerprint density at radius 1 is 1.50 bits per heavy atom. The van der Waals surface area contributed by atoms with Gasteiger partial charge in [0, 0.05) is 18.1 Å². The van der Waals surface area contributed by atoms with E-state index in [1.54, 1.807) is 0 Å². The molecule has 3 nitrogen and oxygen atoms in total. The van der Waals surface area contributed by atoms with Gasteiger partial charge in [-0.1, -0.05) is 23.3 Å². The van der Waals surface area contributed by atoms with Gasteiger partial charge in [0.25, 0.3) is 5.91 Å². The third-order valence-corrected chi connectivity index (χ3v) is 3.04. The maximum atomic E-state index is 13.4. The lowest BCUT2D eigenvalue weighted by molar-refractivity contribution is 0.0952. The van der Waals surface area contributed by atoms with E-state index in [-0.39, 0.29) is 5.56 Å². The molecule has 0 saturated carbocycles. The number of rotatable bonds is 3. The van der Waals surface area contributed by atoms with Gasteiger partial charge in [-0.05, 0) is 31.2 Å². The van der Waals surface area contributed by atoms with Crippen molar-refractivity contribution in [3.8, 4) is 0 Å². The monoisotopic (exact) mass is 268 g/mol. The number of benzene rings is 1. The van der Waals surface area contributed by atoms with E-state index in [1.807, 2.05) is 6.08 Å². The molecule has 1 heterocycles. The predicted molar refractivity (Wildman–Crippen MR) is 69.3 cm³/mol. The van der Waals surface area contributed by atoms with Gasteiger partial charge in [-0.15, -0.1) is 0 Å². The van der Waals surface area contributed by atoms with Crippen LogP contribution in [0.25, 0.3) is 0 Å². The first-order valence-electron chi connectivity index (χ1n) is 5.78. The van der Waals surface area contributed by atoms with Crippen molar-refractivity contribution in [1.29, 1.82) is 0 Å². The highest BCUT2D eigenvalue weighted by Gasteiger charge is 2.12. The summed E-state index contributed by atoms with van der Waals surface area (Å²) in [4.78, 5) is 11.8. The molecule has 0 aliphatic carbocycles. The summed E-state index contributed by atoms with van der Waals surface area (Å²) in [5.41, 5.74) is 1.14. The van der Waals surface area contributed by atoms with Gasteiger partial charge in [0.15, 0.2) is 0 Å². The number of halogens is 2. The molecular formula is C13H14ClFN2O. The Balaban J connectivity index is 1.99. The lowest BCUT2D eigenvalue weighted by atomic mass is 10.1. The predicted octanol–water partition coefficient (Wildman–Crippen LogP) is 2.13. The minimum Gasteiger partial charge on any atom is -0.348 e. The normalized spacial score (nSPS) is 15.1. The summed E-state index contributed by atoms with van der Waals surface area (Å²) in [5, 5.41) is 6.24. The minimum atomic E-state index is -0.559. The van der Waals surface area contributed by atoms with Crippen LogP contribution in [0.3, 0.4) is 0 Å². The van der Waals surface area contributed by atoms with Gasteiger partial charge >= 0.3 is 0 Å². The number of hydrogen-bond donors (Lipinski definition) is 2. The first-order valence-corrected chi connectivity index (χ1v) is 6.16. The van der Waals surface area contributed by atoms with E-state index in [4.69, 9.17) is 11.6 Å². The summed E-state index contributed by atoms with van der Waals surface area (Å²) >= 11 is 5.74. The molecule has 5 heteroatoms. The second-order valence-electron chi connectivity index (χ2n) is 4.12. The summed E-state index contributed by atoms with van der Waals surface area (Å²) in [6.07, 6.45) is 2.94. The highest BCUT2D eigenvalue weighted by atomic mass is 35.5. The minimum absolute atomic E-state index is 0.0166. The van der Waals surface area contributed by atoms with Gasteiger partial charge in [-0.2, -0.15) is 0 Å². The smallest absolute Gasteiger partial charge is 0.254 e. The fourth-order valence-corrected chi connectivity index (χ4v) is 1.96. The van der Waals surface area contributed by atoms with Crippen LogP contribution < -0.4 is 10.6 Å². The van der Waals surface area contributed by atoms with E-state index in [0.717, 1.165) is 25.1 Å².